The maximum atomic E-state index is 12.0. The molecule has 1 heterocycles. The van der Waals surface area contributed by atoms with Gasteiger partial charge in [0.2, 0.25) is 5.91 Å². The van der Waals surface area contributed by atoms with E-state index in [0.29, 0.717) is 5.75 Å². The fourth-order valence-electron chi connectivity index (χ4n) is 2.20. The molecule has 1 aromatic rings. The van der Waals surface area contributed by atoms with Crippen LogP contribution >= 0.6 is 0 Å². The highest BCUT2D eigenvalue weighted by atomic mass is 16.5. The molecule has 0 aromatic heterocycles. The first kappa shape index (κ1) is 14.6. The smallest absolute Gasteiger partial charge is 0.246 e. The van der Waals surface area contributed by atoms with E-state index < -0.39 is 12.2 Å². The summed E-state index contributed by atoms with van der Waals surface area (Å²) in [5.41, 5.74) is 1.89. The standard InChI is InChI=1S/C15H19NO4/c1-10-3-5-14(20-2)11(7-10)4-6-15(19)16-8-12(17)13(18)9-16/h3-7,12-13,17-18H,8-9H2,1-2H3/b6-4+. The first-order chi connectivity index (χ1) is 9.51. The molecular weight excluding hydrogens is 258 g/mol. The average Bonchev–Trinajstić information content (AvgIpc) is 2.76. The van der Waals surface area contributed by atoms with Gasteiger partial charge in [-0.25, -0.2) is 0 Å². The van der Waals surface area contributed by atoms with Crippen LogP contribution in [0.3, 0.4) is 0 Å². The van der Waals surface area contributed by atoms with Crippen LogP contribution in [0.4, 0.5) is 0 Å². The maximum Gasteiger partial charge on any atom is 0.246 e. The summed E-state index contributed by atoms with van der Waals surface area (Å²) in [6.45, 7) is 2.29. The number of nitrogens with zero attached hydrogens (tertiary/aromatic N) is 1. The topological polar surface area (TPSA) is 70.0 Å². The number of ether oxygens (including phenoxy) is 1. The molecule has 0 aliphatic carbocycles. The molecule has 1 fully saturated rings. The molecule has 0 spiro atoms. The molecular formula is C15H19NO4. The highest BCUT2D eigenvalue weighted by Gasteiger charge is 2.31. The minimum Gasteiger partial charge on any atom is -0.496 e. The van der Waals surface area contributed by atoms with Crippen LogP contribution in [0.2, 0.25) is 0 Å². The summed E-state index contributed by atoms with van der Waals surface area (Å²) in [4.78, 5) is 13.4. The van der Waals surface area contributed by atoms with Gasteiger partial charge in [-0.15, -0.1) is 0 Å². The quantitative estimate of drug-likeness (QED) is 0.793. The summed E-state index contributed by atoms with van der Waals surface area (Å²) in [5.74, 6) is 0.463. The van der Waals surface area contributed by atoms with Crippen molar-refractivity contribution in [3.63, 3.8) is 0 Å². The fraction of sp³-hybridized carbons (Fsp3) is 0.400. The summed E-state index contributed by atoms with van der Waals surface area (Å²) in [6, 6.07) is 5.71. The van der Waals surface area contributed by atoms with Crippen molar-refractivity contribution >= 4 is 12.0 Å². The van der Waals surface area contributed by atoms with E-state index >= 15 is 0 Å². The molecule has 1 amide bonds. The second-order valence-electron chi connectivity index (χ2n) is 4.96. The van der Waals surface area contributed by atoms with Crippen molar-refractivity contribution in [2.75, 3.05) is 20.2 Å². The van der Waals surface area contributed by atoms with Gasteiger partial charge in [0.1, 0.15) is 5.75 Å². The monoisotopic (exact) mass is 277 g/mol. The van der Waals surface area contributed by atoms with Crippen LogP contribution in [0.15, 0.2) is 24.3 Å². The predicted molar refractivity (Wildman–Crippen MR) is 75.4 cm³/mol. The number of β-amino-alcohol motifs (C(OH)–C–C–N with tert-alkyl or cyclic N) is 2. The zero-order valence-corrected chi connectivity index (χ0v) is 11.6. The number of amides is 1. The number of likely N-dealkylation sites (tertiary alicyclic amines) is 1. The molecule has 0 bridgehead atoms. The van der Waals surface area contributed by atoms with Crippen LogP contribution in [0, 0.1) is 6.92 Å². The Hall–Kier alpha value is -1.85. The SMILES string of the molecule is COc1ccc(C)cc1/C=C/C(=O)N1CC(O)C(O)C1. The lowest BCUT2D eigenvalue weighted by atomic mass is 10.1. The zero-order valence-electron chi connectivity index (χ0n) is 11.6. The lowest BCUT2D eigenvalue weighted by Crippen LogP contribution is -2.27. The molecule has 0 radical (unpaired) electrons. The van der Waals surface area contributed by atoms with Crippen molar-refractivity contribution in [1.29, 1.82) is 0 Å². The number of hydrogen-bond donors (Lipinski definition) is 2. The lowest BCUT2D eigenvalue weighted by Gasteiger charge is -2.12. The lowest BCUT2D eigenvalue weighted by molar-refractivity contribution is -0.125. The average molecular weight is 277 g/mol. The molecule has 5 nitrogen and oxygen atoms in total. The van der Waals surface area contributed by atoms with E-state index in [1.807, 2.05) is 25.1 Å². The van der Waals surface area contributed by atoms with Gasteiger partial charge in [0.15, 0.2) is 0 Å². The van der Waals surface area contributed by atoms with Crippen molar-refractivity contribution in [1.82, 2.24) is 4.90 Å². The van der Waals surface area contributed by atoms with Crippen molar-refractivity contribution in [3.8, 4) is 5.75 Å². The summed E-state index contributed by atoms with van der Waals surface area (Å²) < 4.78 is 5.24. The predicted octanol–water partition coefficient (Wildman–Crippen LogP) is 0.581. The Labute approximate surface area is 118 Å². The zero-order chi connectivity index (χ0) is 14.7. The van der Waals surface area contributed by atoms with Crippen LogP contribution in [0.5, 0.6) is 5.75 Å². The summed E-state index contributed by atoms with van der Waals surface area (Å²) in [5, 5.41) is 18.9. The van der Waals surface area contributed by atoms with Gasteiger partial charge in [0.05, 0.1) is 19.3 Å². The highest BCUT2D eigenvalue weighted by molar-refractivity contribution is 5.92. The Morgan fingerprint density at radius 2 is 2.00 bits per heavy atom. The summed E-state index contributed by atoms with van der Waals surface area (Å²) in [7, 11) is 1.58. The van der Waals surface area contributed by atoms with E-state index in [4.69, 9.17) is 4.74 Å². The van der Waals surface area contributed by atoms with Gasteiger partial charge in [-0.2, -0.15) is 0 Å². The van der Waals surface area contributed by atoms with Gasteiger partial charge in [-0.3, -0.25) is 4.79 Å². The minimum absolute atomic E-state index is 0.162. The van der Waals surface area contributed by atoms with Gasteiger partial charge >= 0.3 is 0 Å². The Balaban J connectivity index is 2.09. The second kappa shape index (κ2) is 6.07. The number of methoxy groups -OCH3 is 1. The third kappa shape index (κ3) is 3.18. The van der Waals surface area contributed by atoms with E-state index in [0.717, 1.165) is 11.1 Å². The van der Waals surface area contributed by atoms with Crippen LogP contribution in [-0.4, -0.2) is 53.4 Å². The van der Waals surface area contributed by atoms with Gasteiger partial charge in [-0.1, -0.05) is 11.6 Å². The second-order valence-corrected chi connectivity index (χ2v) is 4.96. The minimum atomic E-state index is -0.860. The summed E-state index contributed by atoms with van der Waals surface area (Å²) >= 11 is 0. The number of rotatable bonds is 3. The summed E-state index contributed by atoms with van der Waals surface area (Å²) in [6.07, 6.45) is 1.40. The number of hydrogen-bond acceptors (Lipinski definition) is 4. The molecule has 5 heteroatoms. The van der Waals surface area contributed by atoms with E-state index in [9.17, 15) is 15.0 Å². The Morgan fingerprint density at radius 3 is 2.60 bits per heavy atom. The molecule has 108 valence electrons. The van der Waals surface area contributed by atoms with Crippen LogP contribution in [-0.2, 0) is 4.79 Å². The van der Waals surface area contributed by atoms with Crippen LogP contribution in [0.25, 0.3) is 6.08 Å². The largest absolute Gasteiger partial charge is 0.496 e. The molecule has 2 rings (SSSR count). The van der Waals surface area contributed by atoms with Crippen LogP contribution < -0.4 is 4.74 Å². The molecule has 1 aliphatic rings. The number of aliphatic hydroxyl groups excluding tert-OH is 2. The molecule has 1 aromatic carbocycles. The first-order valence-corrected chi connectivity index (χ1v) is 6.49. The number of carbonyl (C=O) groups is 1. The van der Waals surface area contributed by atoms with E-state index in [1.165, 1.54) is 11.0 Å². The van der Waals surface area contributed by atoms with Crippen LogP contribution in [0.1, 0.15) is 11.1 Å². The molecule has 0 saturated carbocycles. The fourth-order valence-corrected chi connectivity index (χ4v) is 2.20. The molecule has 2 atom stereocenters. The van der Waals surface area contributed by atoms with Gasteiger partial charge < -0.3 is 19.8 Å². The van der Waals surface area contributed by atoms with Crippen molar-refractivity contribution in [2.45, 2.75) is 19.1 Å². The number of aryl methyl sites for hydroxylation is 1. The highest BCUT2D eigenvalue weighted by Crippen LogP contribution is 2.21. The van der Waals surface area contributed by atoms with E-state index in [1.54, 1.807) is 13.2 Å². The number of carbonyl (C=O) groups excluding carboxylic acids is 1. The van der Waals surface area contributed by atoms with E-state index in [-0.39, 0.29) is 19.0 Å². The Bertz CT molecular complexity index is 517. The third-order valence-electron chi connectivity index (χ3n) is 3.36. The Kier molecular flexibility index (Phi) is 4.42. The van der Waals surface area contributed by atoms with Crippen molar-refractivity contribution in [2.24, 2.45) is 0 Å². The van der Waals surface area contributed by atoms with Gasteiger partial charge in [-0.05, 0) is 25.1 Å². The third-order valence-corrected chi connectivity index (χ3v) is 3.36. The molecule has 2 N–H and O–H groups in total. The molecule has 1 aliphatic heterocycles. The maximum absolute atomic E-state index is 12.0. The molecule has 20 heavy (non-hydrogen) atoms. The molecule has 1 saturated heterocycles. The molecule has 2 unspecified atom stereocenters. The van der Waals surface area contributed by atoms with Crippen molar-refractivity contribution in [3.05, 3.63) is 35.4 Å². The number of aliphatic hydroxyl groups is 2. The van der Waals surface area contributed by atoms with Gasteiger partial charge in [0.25, 0.3) is 0 Å². The normalized spacial score (nSPS) is 22.5. The van der Waals surface area contributed by atoms with E-state index in [2.05, 4.69) is 0 Å². The van der Waals surface area contributed by atoms with Crippen molar-refractivity contribution < 1.29 is 19.7 Å². The Morgan fingerprint density at radius 1 is 1.35 bits per heavy atom. The van der Waals surface area contributed by atoms with Gasteiger partial charge in [0, 0.05) is 24.7 Å². The first-order valence-electron chi connectivity index (χ1n) is 6.49. The number of benzene rings is 1.